The number of nitrogens with zero attached hydrogens (tertiary/aromatic N) is 3. The Morgan fingerprint density at radius 3 is 2.44 bits per heavy atom. The van der Waals surface area contributed by atoms with Crippen molar-refractivity contribution in [3.63, 3.8) is 0 Å². The first kappa shape index (κ1) is 21.5. The molecule has 1 N–H and O–H groups in total. The maximum Gasteiger partial charge on any atom is 0.229 e. The number of rotatable bonds is 7. The molecular weight excluding hydrogens is 380 g/mol. The predicted octanol–water partition coefficient (Wildman–Crippen LogP) is 4.60. The van der Waals surface area contributed by atoms with Gasteiger partial charge in [0, 0.05) is 36.8 Å². The topological polar surface area (TPSA) is 75.2 Å². The van der Waals surface area contributed by atoms with E-state index in [4.69, 9.17) is 0 Å². The number of anilines is 2. The number of thiazole rings is 2. The number of aromatic nitrogens is 2. The second-order valence-corrected chi connectivity index (χ2v) is 10.4. The van der Waals surface area contributed by atoms with Crippen LogP contribution in [0.15, 0.2) is 17.0 Å². The molecule has 2 aromatic heterocycles. The zero-order valence-corrected chi connectivity index (χ0v) is 18.5. The number of hydrogen-bond donors (Lipinski definition) is 1. The normalized spacial score (nSPS) is 12.1. The molecule has 2 heterocycles. The first-order valence-electron chi connectivity index (χ1n) is 8.85. The van der Waals surface area contributed by atoms with Gasteiger partial charge in [-0.2, -0.15) is 0 Å². The molecule has 27 heavy (non-hydrogen) atoms. The maximum atomic E-state index is 12.5. The predicted molar refractivity (Wildman–Crippen MR) is 112 cm³/mol. The summed E-state index contributed by atoms with van der Waals surface area (Å²) in [6, 6.07) is 0. The summed E-state index contributed by atoms with van der Waals surface area (Å²) in [5, 5.41) is 7.99. The van der Waals surface area contributed by atoms with Crippen LogP contribution in [0.1, 0.15) is 53.2 Å². The highest BCUT2D eigenvalue weighted by Gasteiger charge is 2.27. The summed E-state index contributed by atoms with van der Waals surface area (Å²) in [6.07, 6.45) is 3.20. The molecule has 148 valence electrons. The van der Waals surface area contributed by atoms with Crippen LogP contribution in [-0.4, -0.2) is 28.8 Å². The third-order valence-corrected chi connectivity index (χ3v) is 5.51. The molecule has 0 aliphatic heterocycles. The lowest BCUT2D eigenvalue weighted by Crippen LogP contribution is -2.31. The SMILES string of the molecule is CN(C(=O)CC(C)(C)Cc1csc(NC(=O)CC(C)(C)C)n1)c1nccs1. The van der Waals surface area contributed by atoms with Gasteiger partial charge < -0.3 is 5.32 Å². The maximum absolute atomic E-state index is 12.5. The molecule has 0 saturated heterocycles. The van der Waals surface area contributed by atoms with E-state index in [0.717, 1.165) is 5.69 Å². The second kappa shape index (κ2) is 8.48. The summed E-state index contributed by atoms with van der Waals surface area (Å²) in [5.41, 5.74) is 0.583. The molecule has 6 nitrogen and oxygen atoms in total. The van der Waals surface area contributed by atoms with Crippen molar-refractivity contribution in [2.75, 3.05) is 17.3 Å². The van der Waals surface area contributed by atoms with Crippen LogP contribution in [0.2, 0.25) is 0 Å². The van der Waals surface area contributed by atoms with Crippen molar-refractivity contribution < 1.29 is 9.59 Å². The number of amides is 2. The molecule has 0 bridgehead atoms. The van der Waals surface area contributed by atoms with Gasteiger partial charge in [0.25, 0.3) is 0 Å². The van der Waals surface area contributed by atoms with Crippen molar-refractivity contribution in [1.29, 1.82) is 0 Å². The van der Waals surface area contributed by atoms with Crippen LogP contribution < -0.4 is 10.2 Å². The number of nitrogens with one attached hydrogen (secondary N) is 1. The van der Waals surface area contributed by atoms with Crippen LogP contribution >= 0.6 is 22.7 Å². The molecule has 8 heteroatoms. The number of carbonyl (C=O) groups excluding carboxylic acids is 2. The summed E-state index contributed by atoms with van der Waals surface area (Å²) in [4.78, 5) is 34.9. The third kappa shape index (κ3) is 7.03. The molecule has 0 unspecified atom stereocenters. The van der Waals surface area contributed by atoms with Gasteiger partial charge in [-0.15, -0.1) is 22.7 Å². The van der Waals surface area contributed by atoms with Gasteiger partial charge in [0.2, 0.25) is 11.8 Å². The van der Waals surface area contributed by atoms with Crippen molar-refractivity contribution in [3.05, 3.63) is 22.7 Å². The minimum Gasteiger partial charge on any atom is -0.302 e. The van der Waals surface area contributed by atoms with Gasteiger partial charge in [0.1, 0.15) is 0 Å². The van der Waals surface area contributed by atoms with E-state index < -0.39 is 0 Å². The highest BCUT2D eigenvalue weighted by molar-refractivity contribution is 7.14. The van der Waals surface area contributed by atoms with Crippen molar-refractivity contribution in [2.45, 2.75) is 53.9 Å². The molecule has 2 rings (SSSR count). The Balaban J connectivity index is 1.92. The molecule has 2 amide bonds. The van der Waals surface area contributed by atoms with Gasteiger partial charge in [0.15, 0.2) is 10.3 Å². The van der Waals surface area contributed by atoms with Crippen LogP contribution in [0, 0.1) is 10.8 Å². The van der Waals surface area contributed by atoms with Crippen molar-refractivity contribution >= 4 is 44.8 Å². The van der Waals surface area contributed by atoms with E-state index in [2.05, 4.69) is 29.1 Å². The van der Waals surface area contributed by atoms with Crippen molar-refractivity contribution in [2.24, 2.45) is 10.8 Å². The monoisotopic (exact) mass is 408 g/mol. The average molecular weight is 409 g/mol. The lowest BCUT2D eigenvalue weighted by Gasteiger charge is -2.25. The van der Waals surface area contributed by atoms with E-state index in [0.29, 0.717) is 29.5 Å². The van der Waals surface area contributed by atoms with E-state index >= 15 is 0 Å². The average Bonchev–Trinajstić information content (AvgIpc) is 3.15. The molecule has 0 saturated carbocycles. The first-order valence-corrected chi connectivity index (χ1v) is 10.6. The Morgan fingerprint density at radius 1 is 1.15 bits per heavy atom. The van der Waals surface area contributed by atoms with E-state index in [-0.39, 0.29) is 22.6 Å². The van der Waals surface area contributed by atoms with E-state index in [1.807, 2.05) is 31.5 Å². The molecule has 0 radical (unpaired) electrons. The Kier molecular flexibility index (Phi) is 6.75. The molecule has 2 aromatic rings. The quantitative estimate of drug-likeness (QED) is 0.727. The first-order chi connectivity index (χ1) is 12.5. The smallest absolute Gasteiger partial charge is 0.229 e. The zero-order valence-electron chi connectivity index (χ0n) is 16.8. The van der Waals surface area contributed by atoms with Crippen LogP contribution in [0.4, 0.5) is 10.3 Å². The van der Waals surface area contributed by atoms with Gasteiger partial charge in [-0.3, -0.25) is 14.5 Å². The minimum atomic E-state index is -0.247. The van der Waals surface area contributed by atoms with Gasteiger partial charge in [-0.25, -0.2) is 9.97 Å². The Morgan fingerprint density at radius 2 is 1.85 bits per heavy atom. The largest absolute Gasteiger partial charge is 0.302 e. The fraction of sp³-hybridized carbons (Fsp3) is 0.579. The fourth-order valence-electron chi connectivity index (χ4n) is 2.66. The lowest BCUT2D eigenvalue weighted by molar-refractivity contribution is -0.120. The van der Waals surface area contributed by atoms with Crippen LogP contribution in [-0.2, 0) is 16.0 Å². The van der Waals surface area contributed by atoms with Gasteiger partial charge >= 0.3 is 0 Å². The Bertz CT molecular complexity index is 776. The van der Waals surface area contributed by atoms with Gasteiger partial charge in [0.05, 0.1) is 5.69 Å². The Labute approximate surface area is 169 Å². The fourth-order valence-corrected chi connectivity index (χ4v) is 4.01. The molecular formula is C19H28N4O2S2. The standard InChI is InChI=1S/C19H28N4O2S2/c1-18(2,3)10-14(24)22-16-21-13(12-27-16)9-19(4,5)11-15(25)23(6)17-20-7-8-26-17/h7-8,12H,9-11H2,1-6H3,(H,21,22,24). The summed E-state index contributed by atoms with van der Waals surface area (Å²) in [6.45, 7) is 10.2. The molecule has 0 spiro atoms. The van der Waals surface area contributed by atoms with Crippen LogP contribution in [0.5, 0.6) is 0 Å². The summed E-state index contributed by atoms with van der Waals surface area (Å²) in [5.74, 6) is 0.00629. The Hall–Kier alpha value is -1.80. The molecule has 0 fully saturated rings. The van der Waals surface area contributed by atoms with E-state index in [9.17, 15) is 9.59 Å². The van der Waals surface area contributed by atoms with E-state index in [1.54, 1.807) is 18.1 Å². The van der Waals surface area contributed by atoms with Crippen LogP contribution in [0.25, 0.3) is 0 Å². The lowest BCUT2D eigenvalue weighted by atomic mass is 9.84. The molecule has 0 aliphatic rings. The molecule has 0 aliphatic carbocycles. The highest BCUT2D eigenvalue weighted by atomic mass is 32.1. The van der Waals surface area contributed by atoms with E-state index in [1.165, 1.54) is 22.7 Å². The summed E-state index contributed by atoms with van der Waals surface area (Å²) in [7, 11) is 1.75. The van der Waals surface area contributed by atoms with Crippen molar-refractivity contribution in [1.82, 2.24) is 9.97 Å². The molecule has 0 atom stereocenters. The minimum absolute atomic E-state index is 0.0251. The zero-order chi connectivity index (χ0) is 20.2. The number of carbonyl (C=O) groups is 2. The summed E-state index contributed by atoms with van der Waals surface area (Å²) >= 11 is 2.87. The third-order valence-electron chi connectivity index (χ3n) is 3.86. The van der Waals surface area contributed by atoms with Gasteiger partial charge in [-0.1, -0.05) is 34.6 Å². The van der Waals surface area contributed by atoms with Crippen LogP contribution in [0.3, 0.4) is 0 Å². The van der Waals surface area contributed by atoms with Crippen molar-refractivity contribution in [3.8, 4) is 0 Å². The second-order valence-electron chi connectivity index (χ2n) is 8.71. The number of hydrogen-bond acceptors (Lipinski definition) is 6. The summed E-state index contributed by atoms with van der Waals surface area (Å²) < 4.78 is 0. The van der Waals surface area contributed by atoms with Gasteiger partial charge in [-0.05, 0) is 17.3 Å². The molecule has 0 aromatic carbocycles. The highest BCUT2D eigenvalue weighted by Crippen LogP contribution is 2.30.